The molecule has 4 aromatic rings. The standard InChI is InChI=1S/C28H26N4O2/c33-26(31-16-14-30(15-17-31)20-8-2-1-3-9-20)19-32-27(22-11-4-5-12-23(22)28(32)34)24-18-29-25-13-7-6-10-21(24)25/h1-13,18,27,29H,14-17,19H2/t27-/m1/s1. The first-order chi connectivity index (χ1) is 16.7. The molecule has 2 aliphatic rings. The molecule has 1 saturated heterocycles. The zero-order valence-corrected chi connectivity index (χ0v) is 18.9. The molecule has 3 aromatic carbocycles. The number of piperazine rings is 1. The van der Waals surface area contributed by atoms with Gasteiger partial charge in [0.2, 0.25) is 5.91 Å². The van der Waals surface area contributed by atoms with Crippen molar-refractivity contribution in [3.05, 3.63) is 102 Å². The molecule has 6 rings (SSSR count). The van der Waals surface area contributed by atoms with Crippen molar-refractivity contribution < 1.29 is 9.59 Å². The molecule has 6 nitrogen and oxygen atoms in total. The van der Waals surface area contributed by atoms with Crippen LogP contribution in [0.3, 0.4) is 0 Å². The van der Waals surface area contributed by atoms with E-state index < -0.39 is 0 Å². The predicted molar refractivity (Wildman–Crippen MR) is 133 cm³/mol. The van der Waals surface area contributed by atoms with E-state index in [0.717, 1.165) is 35.1 Å². The largest absolute Gasteiger partial charge is 0.368 e. The van der Waals surface area contributed by atoms with E-state index in [0.29, 0.717) is 18.7 Å². The van der Waals surface area contributed by atoms with Crippen molar-refractivity contribution in [1.29, 1.82) is 0 Å². The minimum absolute atomic E-state index is 0.00120. The highest BCUT2D eigenvalue weighted by Crippen LogP contribution is 2.41. The number of benzene rings is 3. The van der Waals surface area contributed by atoms with Gasteiger partial charge in [-0.25, -0.2) is 0 Å². The van der Waals surface area contributed by atoms with E-state index >= 15 is 0 Å². The van der Waals surface area contributed by atoms with Crippen LogP contribution < -0.4 is 4.90 Å². The average Bonchev–Trinajstić information content (AvgIpc) is 3.43. The van der Waals surface area contributed by atoms with Crippen LogP contribution >= 0.6 is 0 Å². The minimum atomic E-state index is -0.283. The summed E-state index contributed by atoms with van der Waals surface area (Å²) in [5, 5.41) is 1.07. The summed E-state index contributed by atoms with van der Waals surface area (Å²) in [5.74, 6) is -0.0825. The van der Waals surface area contributed by atoms with E-state index in [1.54, 1.807) is 4.90 Å². The molecular formula is C28H26N4O2. The second kappa shape index (κ2) is 8.37. The molecule has 1 fully saturated rings. The van der Waals surface area contributed by atoms with Gasteiger partial charge in [-0.2, -0.15) is 0 Å². The highest BCUT2D eigenvalue weighted by atomic mass is 16.2. The van der Waals surface area contributed by atoms with Crippen LogP contribution in [0.5, 0.6) is 0 Å². The van der Waals surface area contributed by atoms with Crippen LogP contribution in [0.4, 0.5) is 5.69 Å². The fourth-order valence-electron chi connectivity index (χ4n) is 5.29. The van der Waals surface area contributed by atoms with Crippen LogP contribution in [0.2, 0.25) is 0 Å². The highest BCUT2D eigenvalue weighted by Gasteiger charge is 2.40. The molecule has 1 N–H and O–H groups in total. The van der Waals surface area contributed by atoms with Gasteiger partial charge in [-0.15, -0.1) is 0 Å². The van der Waals surface area contributed by atoms with Crippen molar-refractivity contribution >= 4 is 28.4 Å². The Bertz CT molecular complexity index is 1360. The van der Waals surface area contributed by atoms with Gasteiger partial charge in [0.25, 0.3) is 5.91 Å². The summed E-state index contributed by atoms with van der Waals surface area (Å²) < 4.78 is 0. The van der Waals surface area contributed by atoms with E-state index in [4.69, 9.17) is 0 Å². The van der Waals surface area contributed by atoms with E-state index in [-0.39, 0.29) is 24.4 Å². The number of aromatic amines is 1. The Labute approximate surface area is 198 Å². The van der Waals surface area contributed by atoms with Crippen molar-refractivity contribution in [3.8, 4) is 0 Å². The number of carbonyl (C=O) groups is 2. The fourth-order valence-corrected chi connectivity index (χ4v) is 5.29. The molecular weight excluding hydrogens is 424 g/mol. The highest BCUT2D eigenvalue weighted by molar-refractivity contribution is 6.02. The molecule has 0 unspecified atom stereocenters. The van der Waals surface area contributed by atoms with Gasteiger partial charge < -0.3 is 19.7 Å². The lowest BCUT2D eigenvalue weighted by molar-refractivity contribution is -0.132. The van der Waals surface area contributed by atoms with Gasteiger partial charge in [0, 0.05) is 60.1 Å². The van der Waals surface area contributed by atoms with Crippen LogP contribution in [-0.2, 0) is 4.79 Å². The molecule has 170 valence electrons. The molecule has 0 bridgehead atoms. The van der Waals surface area contributed by atoms with Crippen LogP contribution in [0.1, 0.15) is 27.5 Å². The third kappa shape index (κ3) is 3.43. The van der Waals surface area contributed by atoms with Crippen molar-refractivity contribution in [2.45, 2.75) is 6.04 Å². The maximum absolute atomic E-state index is 13.4. The summed E-state index contributed by atoms with van der Waals surface area (Å²) in [7, 11) is 0. The smallest absolute Gasteiger partial charge is 0.255 e. The molecule has 0 spiro atoms. The van der Waals surface area contributed by atoms with Gasteiger partial charge in [-0.1, -0.05) is 54.6 Å². The van der Waals surface area contributed by atoms with Gasteiger partial charge in [-0.05, 0) is 29.8 Å². The van der Waals surface area contributed by atoms with Gasteiger partial charge in [0.15, 0.2) is 0 Å². The molecule has 34 heavy (non-hydrogen) atoms. The normalized spacial score (nSPS) is 17.9. The summed E-state index contributed by atoms with van der Waals surface area (Å²) in [6.07, 6.45) is 1.97. The quantitative estimate of drug-likeness (QED) is 0.510. The first-order valence-corrected chi connectivity index (χ1v) is 11.7. The zero-order chi connectivity index (χ0) is 23.1. The lowest BCUT2D eigenvalue weighted by Gasteiger charge is -2.37. The van der Waals surface area contributed by atoms with Crippen LogP contribution in [0.15, 0.2) is 85.1 Å². The molecule has 2 amide bonds. The third-order valence-corrected chi connectivity index (χ3v) is 7.03. The summed E-state index contributed by atoms with van der Waals surface area (Å²) in [5.41, 5.74) is 4.87. The second-order valence-corrected chi connectivity index (χ2v) is 8.92. The number of para-hydroxylation sites is 2. The monoisotopic (exact) mass is 450 g/mol. The first kappa shape index (κ1) is 20.5. The maximum atomic E-state index is 13.4. The summed E-state index contributed by atoms with van der Waals surface area (Å²) in [4.78, 5) is 36.1. The lowest BCUT2D eigenvalue weighted by Crippen LogP contribution is -2.51. The number of nitrogens with zero attached hydrogens (tertiary/aromatic N) is 3. The molecule has 6 heteroatoms. The number of fused-ring (bicyclic) bond motifs is 2. The Balaban J connectivity index is 1.25. The van der Waals surface area contributed by atoms with Gasteiger partial charge >= 0.3 is 0 Å². The number of rotatable bonds is 4. The van der Waals surface area contributed by atoms with Gasteiger partial charge in [0.1, 0.15) is 6.54 Å². The van der Waals surface area contributed by atoms with Gasteiger partial charge in [0.05, 0.1) is 6.04 Å². The number of anilines is 1. The Morgan fingerprint density at radius 3 is 2.35 bits per heavy atom. The second-order valence-electron chi connectivity index (χ2n) is 8.92. The van der Waals surface area contributed by atoms with Crippen molar-refractivity contribution in [2.75, 3.05) is 37.6 Å². The Hall–Kier alpha value is -4.06. The van der Waals surface area contributed by atoms with Crippen LogP contribution in [0, 0.1) is 0 Å². The topological polar surface area (TPSA) is 59.7 Å². The maximum Gasteiger partial charge on any atom is 0.255 e. The zero-order valence-electron chi connectivity index (χ0n) is 18.9. The summed E-state index contributed by atoms with van der Waals surface area (Å²) in [6.45, 7) is 2.95. The van der Waals surface area contributed by atoms with E-state index in [1.165, 1.54) is 5.69 Å². The number of hydrogen-bond donors (Lipinski definition) is 1. The lowest BCUT2D eigenvalue weighted by atomic mass is 9.97. The molecule has 1 atom stereocenters. The number of carbonyl (C=O) groups excluding carboxylic acids is 2. The van der Waals surface area contributed by atoms with Crippen LogP contribution in [-0.4, -0.2) is 59.3 Å². The number of nitrogens with one attached hydrogen (secondary N) is 1. The molecule has 1 aromatic heterocycles. The average molecular weight is 451 g/mol. The number of hydrogen-bond acceptors (Lipinski definition) is 3. The van der Waals surface area contributed by atoms with Crippen molar-refractivity contribution in [2.24, 2.45) is 0 Å². The molecule has 3 heterocycles. The molecule has 0 aliphatic carbocycles. The van der Waals surface area contributed by atoms with E-state index in [2.05, 4.69) is 28.1 Å². The number of amides is 2. The predicted octanol–water partition coefficient (Wildman–Crippen LogP) is 4.06. The Kier molecular flexibility index (Phi) is 5.06. The van der Waals surface area contributed by atoms with E-state index in [9.17, 15) is 9.59 Å². The van der Waals surface area contributed by atoms with E-state index in [1.807, 2.05) is 71.8 Å². The SMILES string of the molecule is O=C(CN1C(=O)c2ccccc2[C@@H]1c1c[nH]c2ccccc12)N1CCN(c2ccccc2)CC1. The number of aromatic nitrogens is 1. The van der Waals surface area contributed by atoms with Gasteiger partial charge in [-0.3, -0.25) is 9.59 Å². The fraction of sp³-hybridized carbons (Fsp3) is 0.214. The first-order valence-electron chi connectivity index (χ1n) is 11.7. The van der Waals surface area contributed by atoms with Crippen LogP contribution in [0.25, 0.3) is 10.9 Å². The van der Waals surface area contributed by atoms with Crippen molar-refractivity contribution in [3.63, 3.8) is 0 Å². The third-order valence-electron chi connectivity index (χ3n) is 7.03. The Morgan fingerprint density at radius 1 is 0.824 bits per heavy atom. The van der Waals surface area contributed by atoms with Crippen molar-refractivity contribution in [1.82, 2.24) is 14.8 Å². The number of H-pyrrole nitrogens is 1. The molecule has 0 saturated carbocycles. The molecule has 0 radical (unpaired) electrons. The molecule has 2 aliphatic heterocycles. The summed E-state index contributed by atoms with van der Waals surface area (Å²) in [6, 6.07) is 25.8. The summed E-state index contributed by atoms with van der Waals surface area (Å²) >= 11 is 0. The minimum Gasteiger partial charge on any atom is -0.368 e. The Morgan fingerprint density at radius 2 is 1.53 bits per heavy atom.